The van der Waals surface area contributed by atoms with Gasteiger partial charge in [-0.25, -0.2) is 4.79 Å². The molecule has 10 heteroatoms. The van der Waals surface area contributed by atoms with E-state index in [-0.39, 0.29) is 11.7 Å². The van der Waals surface area contributed by atoms with Crippen molar-refractivity contribution in [3.63, 3.8) is 0 Å². The average molecular weight is 385 g/mol. The number of carboxylic acids is 1. The number of hydrogen-bond donors (Lipinski definition) is 1. The van der Waals surface area contributed by atoms with Crippen molar-refractivity contribution in [2.75, 3.05) is 40.3 Å². The normalized spacial score (nSPS) is 22.5. The Morgan fingerprint density at radius 1 is 1.27 bits per heavy atom. The van der Waals surface area contributed by atoms with E-state index in [0.717, 1.165) is 24.1 Å². The molecule has 1 aliphatic carbocycles. The molecule has 9 nitrogen and oxygen atoms in total. The highest BCUT2D eigenvalue weighted by Crippen LogP contribution is 2.28. The maximum Gasteiger partial charge on any atom is 0.356 e. The number of piperazine rings is 1. The molecule has 26 heavy (non-hydrogen) atoms. The summed E-state index contributed by atoms with van der Waals surface area (Å²) in [5.41, 5.74) is 2.05. The first-order valence-corrected chi connectivity index (χ1v) is 10.4. The van der Waals surface area contributed by atoms with Gasteiger partial charge in [0.15, 0.2) is 5.69 Å². The Balaban J connectivity index is 1.71. The van der Waals surface area contributed by atoms with Crippen molar-refractivity contribution < 1.29 is 18.3 Å². The number of carbonyl (C=O) groups is 1. The maximum absolute atomic E-state index is 12.2. The molecule has 146 valence electrons. The van der Waals surface area contributed by atoms with Gasteiger partial charge in [0, 0.05) is 64.1 Å². The molecule has 1 fully saturated rings. The number of nitrogens with zero attached hydrogens (tertiary/aromatic N) is 5. The quantitative estimate of drug-likeness (QED) is 0.759. The Hall–Kier alpha value is -1.49. The molecule has 1 aromatic rings. The highest BCUT2D eigenvalue weighted by molar-refractivity contribution is 7.86. The van der Waals surface area contributed by atoms with Gasteiger partial charge in [-0.05, 0) is 26.2 Å². The van der Waals surface area contributed by atoms with Gasteiger partial charge in [0.25, 0.3) is 10.2 Å². The minimum absolute atomic E-state index is 0.167. The zero-order chi connectivity index (χ0) is 19.1. The second-order valence-corrected chi connectivity index (χ2v) is 9.16. The first-order chi connectivity index (χ1) is 12.3. The number of aryl methyl sites for hydroxylation is 1. The van der Waals surface area contributed by atoms with Gasteiger partial charge in [0.1, 0.15) is 0 Å². The van der Waals surface area contributed by atoms with Gasteiger partial charge in [-0.15, -0.1) is 0 Å². The van der Waals surface area contributed by atoms with Crippen LogP contribution in [0.2, 0.25) is 0 Å². The SMILES string of the molecule is CCn1nc(C(=O)O)c2c1CC[C@@H](N1CCN(S(=O)(=O)N(C)C)CC1)C2. The highest BCUT2D eigenvalue weighted by Gasteiger charge is 2.35. The van der Waals surface area contributed by atoms with E-state index in [1.54, 1.807) is 18.8 Å². The van der Waals surface area contributed by atoms with Gasteiger partial charge >= 0.3 is 5.97 Å². The van der Waals surface area contributed by atoms with Gasteiger partial charge in [-0.2, -0.15) is 22.1 Å². The third-order valence-electron chi connectivity index (χ3n) is 5.40. The second-order valence-electron chi connectivity index (χ2n) is 7.02. The Labute approximate surface area is 154 Å². The van der Waals surface area contributed by atoms with Crippen molar-refractivity contribution in [1.82, 2.24) is 23.3 Å². The number of fused-ring (bicyclic) bond motifs is 1. The predicted molar refractivity (Wildman–Crippen MR) is 96.4 cm³/mol. The summed E-state index contributed by atoms with van der Waals surface area (Å²) in [6.07, 6.45) is 2.42. The maximum atomic E-state index is 12.2. The van der Waals surface area contributed by atoms with Crippen molar-refractivity contribution in [2.45, 2.75) is 38.8 Å². The van der Waals surface area contributed by atoms with Crippen LogP contribution in [-0.4, -0.2) is 89.1 Å². The zero-order valence-corrected chi connectivity index (χ0v) is 16.4. The molecule has 0 bridgehead atoms. The first kappa shape index (κ1) is 19.3. The number of aromatic nitrogens is 2. The minimum Gasteiger partial charge on any atom is -0.476 e. The Morgan fingerprint density at radius 2 is 1.92 bits per heavy atom. The number of aromatic carboxylic acids is 1. The molecule has 0 saturated carbocycles. The van der Waals surface area contributed by atoms with E-state index in [9.17, 15) is 18.3 Å². The van der Waals surface area contributed by atoms with Gasteiger partial charge in [0.2, 0.25) is 0 Å². The Morgan fingerprint density at radius 3 is 2.46 bits per heavy atom. The molecule has 0 amide bonds. The van der Waals surface area contributed by atoms with Crippen molar-refractivity contribution in [3.8, 4) is 0 Å². The van der Waals surface area contributed by atoms with Crippen LogP contribution < -0.4 is 0 Å². The lowest BCUT2D eigenvalue weighted by Crippen LogP contribution is -2.55. The zero-order valence-electron chi connectivity index (χ0n) is 15.6. The van der Waals surface area contributed by atoms with Gasteiger partial charge in [0.05, 0.1) is 0 Å². The lowest BCUT2D eigenvalue weighted by molar-refractivity contribution is 0.0686. The van der Waals surface area contributed by atoms with Crippen LogP contribution in [-0.2, 0) is 29.6 Å². The van der Waals surface area contributed by atoms with E-state index >= 15 is 0 Å². The van der Waals surface area contributed by atoms with Crippen molar-refractivity contribution >= 4 is 16.2 Å². The smallest absolute Gasteiger partial charge is 0.356 e. The van der Waals surface area contributed by atoms with Crippen molar-refractivity contribution in [1.29, 1.82) is 0 Å². The minimum atomic E-state index is -3.37. The molecule has 1 atom stereocenters. The molecular formula is C16H27N5O4S. The molecule has 1 aromatic heterocycles. The van der Waals surface area contributed by atoms with Crippen molar-refractivity contribution in [2.24, 2.45) is 0 Å². The third kappa shape index (κ3) is 3.38. The largest absolute Gasteiger partial charge is 0.476 e. The monoisotopic (exact) mass is 385 g/mol. The molecular weight excluding hydrogens is 358 g/mol. The summed E-state index contributed by atoms with van der Waals surface area (Å²) in [5.74, 6) is -0.976. The second kappa shape index (κ2) is 7.26. The van der Waals surface area contributed by atoms with Crippen LogP contribution in [0.1, 0.15) is 35.1 Å². The third-order valence-corrected chi connectivity index (χ3v) is 7.34. The van der Waals surface area contributed by atoms with Crippen LogP contribution >= 0.6 is 0 Å². The van der Waals surface area contributed by atoms with E-state index in [1.807, 2.05) is 6.92 Å². The summed E-state index contributed by atoms with van der Waals surface area (Å²) < 4.78 is 29.0. The van der Waals surface area contributed by atoms with E-state index < -0.39 is 16.2 Å². The number of rotatable bonds is 5. The summed E-state index contributed by atoms with van der Waals surface area (Å²) in [6.45, 7) is 4.89. The lowest BCUT2D eigenvalue weighted by Gasteiger charge is -2.40. The van der Waals surface area contributed by atoms with E-state index in [2.05, 4.69) is 10.00 Å². The fourth-order valence-corrected chi connectivity index (χ4v) is 5.03. The van der Waals surface area contributed by atoms with Crippen LogP contribution in [0.5, 0.6) is 0 Å². The molecule has 0 aromatic carbocycles. The highest BCUT2D eigenvalue weighted by atomic mass is 32.2. The standard InChI is InChI=1S/C16H27N5O4S/c1-4-21-14-6-5-12(11-13(14)15(17-21)16(22)23)19-7-9-20(10-8-19)26(24,25)18(2)3/h12H,4-11H2,1-3H3,(H,22,23)/t12-/m1/s1. The molecule has 0 unspecified atom stereocenters. The van der Waals surface area contributed by atoms with Crippen LogP contribution in [0.15, 0.2) is 0 Å². The lowest BCUT2D eigenvalue weighted by atomic mass is 9.90. The summed E-state index contributed by atoms with van der Waals surface area (Å²) >= 11 is 0. The van der Waals surface area contributed by atoms with E-state index in [0.29, 0.717) is 39.1 Å². The van der Waals surface area contributed by atoms with Gasteiger partial charge in [-0.1, -0.05) is 0 Å². The topological polar surface area (TPSA) is 99.0 Å². The van der Waals surface area contributed by atoms with E-state index in [1.165, 1.54) is 8.61 Å². The number of carboxylic acid groups (broad SMARTS) is 1. The Bertz CT molecular complexity index is 781. The van der Waals surface area contributed by atoms with Gasteiger partial charge < -0.3 is 5.11 Å². The van der Waals surface area contributed by atoms with Crippen LogP contribution in [0.4, 0.5) is 0 Å². The molecule has 2 heterocycles. The molecule has 0 radical (unpaired) electrons. The molecule has 0 spiro atoms. The van der Waals surface area contributed by atoms with Gasteiger partial charge in [-0.3, -0.25) is 9.58 Å². The molecule has 1 N–H and O–H groups in total. The van der Waals surface area contributed by atoms with E-state index in [4.69, 9.17) is 0 Å². The molecule has 1 aliphatic heterocycles. The van der Waals surface area contributed by atoms with Crippen LogP contribution in [0.25, 0.3) is 0 Å². The van der Waals surface area contributed by atoms with Crippen LogP contribution in [0.3, 0.4) is 0 Å². The summed E-state index contributed by atoms with van der Waals surface area (Å²) in [5, 5.41) is 13.7. The average Bonchev–Trinajstić information content (AvgIpc) is 3.00. The number of hydrogen-bond acceptors (Lipinski definition) is 5. The summed E-state index contributed by atoms with van der Waals surface area (Å²) in [7, 11) is -0.282. The molecule has 2 aliphatic rings. The molecule has 3 rings (SSSR count). The summed E-state index contributed by atoms with van der Waals surface area (Å²) in [6, 6.07) is 0.235. The fraction of sp³-hybridized carbons (Fsp3) is 0.750. The van der Waals surface area contributed by atoms with Crippen molar-refractivity contribution in [3.05, 3.63) is 17.0 Å². The Kier molecular flexibility index (Phi) is 5.38. The fourth-order valence-electron chi connectivity index (χ4n) is 3.94. The predicted octanol–water partition coefficient (Wildman–Crippen LogP) is -0.117. The first-order valence-electron chi connectivity index (χ1n) is 8.99. The summed E-state index contributed by atoms with van der Waals surface area (Å²) in [4.78, 5) is 13.8. The molecule has 1 saturated heterocycles. The van der Waals surface area contributed by atoms with Crippen LogP contribution in [0, 0.1) is 0 Å².